The summed E-state index contributed by atoms with van der Waals surface area (Å²) < 4.78 is 1.62. The molecule has 0 saturated carbocycles. The molecule has 3 nitrogen and oxygen atoms in total. The van der Waals surface area contributed by atoms with Crippen LogP contribution in [0, 0.1) is 6.92 Å². The quantitative estimate of drug-likeness (QED) is 0.707. The highest BCUT2D eigenvalue weighted by Crippen LogP contribution is 1.92. The van der Waals surface area contributed by atoms with E-state index in [9.17, 15) is 4.79 Å². The van der Waals surface area contributed by atoms with Gasteiger partial charge in [0.1, 0.15) is 0 Å². The first kappa shape index (κ1) is 9.32. The van der Waals surface area contributed by atoms with Crippen LogP contribution in [0.4, 0.5) is 0 Å². The fourth-order valence-electron chi connectivity index (χ4n) is 0.967. The molecule has 0 bridgehead atoms. The lowest BCUT2D eigenvalue weighted by molar-refractivity contribution is 0.636. The minimum absolute atomic E-state index is 0.178. The summed E-state index contributed by atoms with van der Waals surface area (Å²) in [5, 5.41) is 0. The monoisotopic (exact) mass is 184 g/mol. The maximum absolute atomic E-state index is 11.1. The molecule has 0 aromatic carbocycles. The van der Waals surface area contributed by atoms with Crippen LogP contribution in [0.2, 0.25) is 0 Å². The molecule has 0 aliphatic rings. The van der Waals surface area contributed by atoms with Crippen LogP contribution < -0.4 is 5.69 Å². The first-order valence-corrected chi connectivity index (χ1v) is 4.51. The highest BCUT2D eigenvalue weighted by Gasteiger charge is 1.95. The predicted octanol–water partition coefficient (Wildman–Crippen LogP) is 0.872. The minimum atomic E-state index is -0.178. The molecule has 66 valence electrons. The van der Waals surface area contributed by atoms with Gasteiger partial charge in [0.05, 0.1) is 0 Å². The van der Waals surface area contributed by atoms with Gasteiger partial charge in [0.15, 0.2) is 0 Å². The van der Waals surface area contributed by atoms with E-state index >= 15 is 0 Å². The van der Waals surface area contributed by atoms with E-state index in [4.69, 9.17) is 0 Å². The Morgan fingerprint density at radius 3 is 3.08 bits per heavy atom. The molecule has 0 spiro atoms. The van der Waals surface area contributed by atoms with Crippen LogP contribution >= 0.6 is 12.6 Å². The van der Waals surface area contributed by atoms with Gasteiger partial charge in [0.25, 0.3) is 0 Å². The van der Waals surface area contributed by atoms with Gasteiger partial charge in [-0.05, 0) is 24.7 Å². The summed E-state index contributed by atoms with van der Waals surface area (Å²) in [6.07, 6.45) is 4.30. The second-order valence-electron chi connectivity index (χ2n) is 2.68. The van der Waals surface area contributed by atoms with E-state index < -0.39 is 0 Å². The topological polar surface area (TPSA) is 34.9 Å². The third-order valence-electron chi connectivity index (χ3n) is 1.54. The van der Waals surface area contributed by atoms with Gasteiger partial charge >= 0.3 is 5.69 Å². The number of aryl methyl sites for hydroxylation is 2. The minimum Gasteiger partial charge on any atom is -0.299 e. The van der Waals surface area contributed by atoms with E-state index in [1.54, 1.807) is 10.8 Å². The van der Waals surface area contributed by atoms with Crippen molar-refractivity contribution in [2.24, 2.45) is 0 Å². The summed E-state index contributed by atoms with van der Waals surface area (Å²) in [4.78, 5) is 14.8. The highest BCUT2D eigenvalue weighted by molar-refractivity contribution is 7.80. The smallest absolute Gasteiger partial charge is 0.299 e. The van der Waals surface area contributed by atoms with E-state index in [0.717, 1.165) is 17.7 Å². The molecule has 0 radical (unpaired) electrons. The molecule has 0 aliphatic heterocycles. The van der Waals surface area contributed by atoms with Crippen molar-refractivity contribution >= 4 is 12.6 Å². The molecule has 0 unspecified atom stereocenters. The zero-order valence-corrected chi connectivity index (χ0v) is 7.92. The van der Waals surface area contributed by atoms with E-state index in [1.165, 1.54) is 0 Å². The number of rotatable bonds is 3. The highest BCUT2D eigenvalue weighted by atomic mass is 32.1. The average molecular weight is 184 g/mol. The first-order chi connectivity index (χ1) is 5.74. The summed E-state index contributed by atoms with van der Waals surface area (Å²) in [7, 11) is 0. The molecule has 12 heavy (non-hydrogen) atoms. The molecule has 0 aliphatic carbocycles. The molecule has 0 amide bonds. The van der Waals surface area contributed by atoms with Gasteiger partial charge in [-0.2, -0.15) is 12.6 Å². The molecular weight excluding hydrogens is 172 g/mol. The van der Waals surface area contributed by atoms with Crippen molar-refractivity contribution in [3.05, 3.63) is 28.4 Å². The lowest BCUT2D eigenvalue weighted by Gasteiger charge is -2.02. The molecular formula is C8H12N2OS. The molecule has 1 aromatic rings. The predicted molar refractivity (Wildman–Crippen MR) is 51.7 cm³/mol. The maximum Gasteiger partial charge on any atom is 0.347 e. The molecule has 1 rings (SSSR count). The summed E-state index contributed by atoms with van der Waals surface area (Å²) in [6.45, 7) is 2.63. The number of nitrogens with zero attached hydrogens (tertiary/aromatic N) is 2. The summed E-state index contributed by atoms with van der Waals surface area (Å²) in [6, 6.07) is 0. The van der Waals surface area contributed by atoms with Crippen molar-refractivity contribution in [1.82, 2.24) is 9.55 Å². The second kappa shape index (κ2) is 4.30. The summed E-state index contributed by atoms with van der Waals surface area (Å²) in [5.74, 6) is 0.792. The van der Waals surface area contributed by atoms with Crippen molar-refractivity contribution in [3.8, 4) is 0 Å². The van der Waals surface area contributed by atoms with Gasteiger partial charge in [0.2, 0.25) is 0 Å². The standard InChI is InChI=1S/C8H12N2OS/c1-7-5-9-8(11)10(6-7)3-2-4-12/h5-6,12H,2-4H2,1H3. The Bertz CT molecular complexity index is 308. The first-order valence-electron chi connectivity index (χ1n) is 3.88. The summed E-state index contributed by atoms with van der Waals surface area (Å²) >= 11 is 4.08. The Morgan fingerprint density at radius 1 is 1.67 bits per heavy atom. The SMILES string of the molecule is Cc1cnc(=O)n(CCCS)c1. The summed E-state index contributed by atoms with van der Waals surface area (Å²) in [5.41, 5.74) is 0.830. The molecule has 0 fully saturated rings. The van der Waals surface area contributed by atoms with E-state index in [0.29, 0.717) is 6.54 Å². The van der Waals surface area contributed by atoms with Crippen molar-refractivity contribution in [2.45, 2.75) is 19.9 Å². The Morgan fingerprint density at radius 2 is 2.42 bits per heavy atom. The van der Waals surface area contributed by atoms with Gasteiger partial charge in [-0.1, -0.05) is 0 Å². The Kier molecular flexibility index (Phi) is 3.34. The molecule has 4 heteroatoms. The van der Waals surface area contributed by atoms with Crippen molar-refractivity contribution in [3.63, 3.8) is 0 Å². The Balaban J connectivity index is 2.83. The van der Waals surface area contributed by atoms with E-state index in [1.807, 2.05) is 13.1 Å². The number of hydrogen-bond donors (Lipinski definition) is 1. The zero-order chi connectivity index (χ0) is 8.97. The van der Waals surface area contributed by atoms with Crippen LogP contribution in [0.25, 0.3) is 0 Å². The van der Waals surface area contributed by atoms with Gasteiger partial charge in [0, 0.05) is 18.9 Å². The molecule has 0 saturated heterocycles. The lowest BCUT2D eigenvalue weighted by atomic mass is 10.4. The van der Waals surface area contributed by atoms with Crippen molar-refractivity contribution < 1.29 is 0 Å². The lowest BCUT2D eigenvalue weighted by Crippen LogP contribution is -2.22. The van der Waals surface area contributed by atoms with Crippen LogP contribution in [-0.2, 0) is 6.54 Å². The Hall–Kier alpha value is -0.770. The van der Waals surface area contributed by atoms with Gasteiger partial charge in [-0.15, -0.1) is 0 Å². The second-order valence-corrected chi connectivity index (χ2v) is 3.13. The fraction of sp³-hybridized carbons (Fsp3) is 0.500. The average Bonchev–Trinajstić information content (AvgIpc) is 2.07. The van der Waals surface area contributed by atoms with Gasteiger partial charge in [-0.3, -0.25) is 4.57 Å². The van der Waals surface area contributed by atoms with Crippen LogP contribution in [0.3, 0.4) is 0 Å². The van der Waals surface area contributed by atoms with Crippen LogP contribution in [0.15, 0.2) is 17.2 Å². The van der Waals surface area contributed by atoms with Crippen LogP contribution in [0.1, 0.15) is 12.0 Å². The molecule has 1 aromatic heterocycles. The largest absolute Gasteiger partial charge is 0.347 e. The van der Waals surface area contributed by atoms with Crippen molar-refractivity contribution in [2.75, 3.05) is 5.75 Å². The molecule has 0 N–H and O–H groups in total. The van der Waals surface area contributed by atoms with Crippen molar-refractivity contribution in [1.29, 1.82) is 0 Å². The maximum atomic E-state index is 11.1. The van der Waals surface area contributed by atoms with Crippen LogP contribution in [-0.4, -0.2) is 15.3 Å². The van der Waals surface area contributed by atoms with Gasteiger partial charge < -0.3 is 0 Å². The Labute approximate surface area is 76.9 Å². The number of thiol groups is 1. The molecule has 0 atom stereocenters. The fourth-order valence-corrected chi connectivity index (χ4v) is 1.11. The molecule has 1 heterocycles. The normalized spacial score (nSPS) is 10.2. The third-order valence-corrected chi connectivity index (χ3v) is 1.86. The van der Waals surface area contributed by atoms with Crippen LogP contribution in [0.5, 0.6) is 0 Å². The third kappa shape index (κ3) is 2.37. The zero-order valence-electron chi connectivity index (χ0n) is 7.03. The van der Waals surface area contributed by atoms with Gasteiger partial charge in [-0.25, -0.2) is 9.78 Å². The van der Waals surface area contributed by atoms with E-state index in [-0.39, 0.29) is 5.69 Å². The number of aromatic nitrogens is 2. The number of hydrogen-bond acceptors (Lipinski definition) is 3. The van der Waals surface area contributed by atoms with E-state index in [2.05, 4.69) is 17.6 Å².